The molecule has 0 radical (unpaired) electrons. The molecular formula is C38H3B2F30N3. The number of aromatic amines is 1. The average Bonchev–Trinajstić information content (AvgIpc) is 3.97. The first kappa shape index (κ1) is 56.4. The SMILES string of the molecule is Fc1c(F)c(F)c(B(c2c(F)c(F)c(F)c(F)c2F)c2c(F)c(F)c(F)c(F)c2F)c(F)c1F.Fc1c(F)c(F)c(B(c2c(F)c(F)c(F)c(F)c2F)c2c(F)c(F)c(F)c(F)c2F)c(F)c1F.c1nc[nH]n1. The molecule has 0 unspecified atom stereocenters. The molecule has 0 bridgehead atoms. The number of benzene rings is 6. The van der Waals surface area contributed by atoms with Gasteiger partial charge in [-0.25, -0.2) is 137 Å². The average molecular weight is 1090 g/mol. The van der Waals surface area contributed by atoms with Gasteiger partial charge in [0.05, 0.1) is 0 Å². The van der Waals surface area contributed by atoms with E-state index in [2.05, 4.69) is 15.2 Å². The monoisotopic (exact) mass is 1090 g/mol. The summed E-state index contributed by atoms with van der Waals surface area (Å²) in [5.74, 6) is -90.4. The molecule has 6 aromatic carbocycles. The zero-order chi connectivity index (χ0) is 55.5. The van der Waals surface area contributed by atoms with E-state index in [4.69, 9.17) is 0 Å². The molecule has 3 nitrogen and oxygen atoms in total. The van der Waals surface area contributed by atoms with Crippen LogP contribution in [0.5, 0.6) is 0 Å². The third-order valence-corrected chi connectivity index (χ3v) is 9.53. The normalized spacial score (nSPS) is 11.2. The standard InChI is InChI=1S/2C18BF15.C2H3N3/c2*20-4-1(5(21)11(27)16(32)10(4)26)19(2-6(22)12(28)17(33)13(29)7(2)23)3-8(24)14(30)18(34)15(31)9(3)25;1-3-2-5-4-1/h;;1-2H,(H,3,4,5). The zero-order valence-electron chi connectivity index (χ0n) is 33.0. The van der Waals surface area contributed by atoms with Gasteiger partial charge < -0.3 is 0 Å². The second-order valence-corrected chi connectivity index (χ2v) is 13.4. The van der Waals surface area contributed by atoms with Gasteiger partial charge in [-0.05, 0) is 0 Å². The second-order valence-electron chi connectivity index (χ2n) is 13.4. The van der Waals surface area contributed by atoms with Crippen molar-refractivity contribution in [2.24, 2.45) is 0 Å². The lowest BCUT2D eigenvalue weighted by molar-refractivity contribution is 0.380. The number of nitrogens with one attached hydrogen (secondary N) is 1. The van der Waals surface area contributed by atoms with Crippen LogP contribution in [-0.4, -0.2) is 28.6 Å². The van der Waals surface area contributed by atoms with Gasteiger partial charge in [0.2, 0.25) is 0 Å². The number of hydrogen-bond acceptors (Lipinski definition) is 2. The van der Waals surface area contributed by atoms with Crippen LogP contribution in [0.2, 0.25) is 0 Å². The molecule has 0 saturated heterocycles. The molecule has 0 aliphatic rings. The minimum Gasteiger partial charge on any atom is -0.266 e. The maximum atomic E-state index is 14.4. The van der Waals surface area contributed by atoms with Crippen molar-refractivity contribution in [3.63, 3.8) is 0 Å². The molecule has 73 heavy (non-hydrogen) atoms. The minimum absolute atomic E-state index is 1.44. The van der Waals surface area contributed by atoms with Crippen molar-refractivity contribution in [1.29, 1.82) is 0 Å². The summed E-state index contributed by atoms with van der Waals surface area (Å²) >= 11 is 0. The molecule has 35 heteroatoms. The lowest BCUT2D eigenvalue weighted by Gasteiger charge is -2.21. The number of hydrogen-bond donors (Lipinski definition) is 1. The van der Waals surface area contributed by atoms with Crippen molar-refractivity contribution in [2.45, 2.75) is 0 Å². The van der Waals surface area contributed by atoms with Crippen LogP contribution < -0.4 is 32.8 Å². The molecule has 1 heterocycles. The van der Waals surface area contributed by atoms with Crippen LogP contribution in [0.4, 0.5) is 132 Å². The highest BCUT2D eigenvalue weighted by molar-refractivity contribution is 6.96. The first-order chi connectivity index (χ1) is 33.8. The van der Waals surface area contributed by atoms with Crippen LogP contribution in [0.3, 0.4) is 0 Å². The molecule has 0 aliphatic carbocycles. The molecule has 7 rings (SSSR count). The maximum Gasteiger partial charge on any atom is 0.265 e. The molecule has 1 aromatic heterocycles. The summed E-state index contributed by atoms with van der Waals surface area (Å²) in [5, 5.41) is 5.99. The van der Waals surface area contributed by atoms with Gasteiger partial charge in [-0.15, -0.1) is 0 Å². The van der Waals surface area contributed by atoms with Gasteiger partial charge in [0.15, 0.2) is 175 Å². The van der Waals surface area contributed by atoms with Gasteiger partial charge in [-0.1, -0.05) is 0 Å². The van der Waals surface area contributed by atoms with Gasteiger partial charge in [-0.2, -0.15) is 5.10 Å². The number of H-pyrrole nitrogens is 1. The number of nitrogens with zero attached hydrogens (tertiary/aromatic N) is 2. The highest BCUT2D eigenvalue weighted by Crippen LogP contribution is 2.26. The Morgan fingerprint density at radius 1 is 0.205 bits per heavy atom. The van der Waals surface area contributed by atoms with Crippen molar-refractivity contribution in [3.05, 3.63) is 187 Å². The largest absolute Gasteiger partial charge is 0.266 e. The predicted molar refractivity (Wildman–Crippen MR) is 183 cm³/mol. The van der Waals surface area contributed by atoms with E-state index in [1.165, 1.54) is 12.7 Å². The Hall–Kier alpha value is -7.51. The van der Waals surface area contributed by atoms with Crippen LogP contribution in [0.15, 0.2) is 12.7 Å². The topological polar surface area (TPSA) is 41.6 Å². The lowest BCUT2D eigenvalue weighted by Crippen LogP contribution is -2.60. The van der Waals surface area contributed by atoms with E-state index >= 15 is 0 Å². The van der Waals surface area contributed by atoms with E-state index in [0.29, 0.717) is 0 Å². The highest BCUT2D eigenvalue weighted by Gasteiger charge is 2.47. The highest BCUT2D eigenvalue weighted by atomic mass is 19.2. The summed E-state index contributed by atoms with van der Waals surface area (Å²) in [5.41, 5.74) is -16.1. The first-order valence-electron chi connectivity index (χ1n) is 17.7. The summed E-state index contributed by atoms with van der Waals surface area (Å²) in [7, 11) is 0. The van der Waals surface area contributed by atoms with Gasteiger partial charge in [0.1, 0.15) is 12.7 Å². The third kappa shape index (κ3) is 9.20. The summed E-state index contributed by atoms with van der Waals surface area (Å²) in [6.07, 6.45) is 2.96. The van der Waals surface area contributed by atoms with Crippen LogP contribution in [-0.2, 0) is 0 Å². The van der Waals surface area contributed by atoms with E-state index in [0.717, 1.165) is 0 Å². The van der Waals surface area contributed by atoms with Gasteiger partial charge >= 0.3 is 0 Å². The molecule has 0 amide bonds. The molecule has 0 atom stereocenters. The zero-order valence-corrected chi connectivity index (χ0v) is 33.0. The van der Waals surface area contributed by atoms with Crippen LogP contribution in [0, 0.1) is 175 Å². The molecular weight excluding hydrogens is 1090 g/mol. The summed E-state index contributed by atoms with van der Waals surface area (Å²) in [6, 6.07) is 0. The summed E-state index contributed by atoms with van der Waals surface area (Å²) in [4.78, 5) is 3.56. The van der Waals surface area contributed by atoms with Crippen molar-refractivity contribution in [1.82, 2.24) is 15.2 Å². The third-order valence-electron chi connectivity index (χ3n) is 9.53. The van der Waals surface area contributed by atoms with Crippen molar-refractivity contribution < 1.29 is 132 Å². The Balaban J connectivity index is 0.000000246. The fraction of sp³-hybridized carbons (Fsp3) is 0. The van der Waals surface area contributed by atoms with Gasteiger partial charge in [0.25, 0.3) is 13.4 Å². The van der Waals surface area contributed by atoms with E-state index in [-0.39, 0.29) is 0 Å². The molecule has 0 saturated carbocycles. The van der Waals surface area contributed by atoms with E-state index in [1.807, 2.05) is 0 Å². The van der Waals surface area contributed by atoms with Crippen LogP contribution in [0.25, 0.3) is 0 Å². The molecule has 0 aliphatic heterocycles. The van der Waals surface area contributed by atoms with E-state index in [9.17, 15) is 132 Å². The molecule has 0 fully saturated rings. The molecule has 0 spiro atoms. The Morgan fingerprint density at radius 3 is 0.411 bits per heavy atom. The fourth-order valence-corrected chi connectivity index (χ4v) is 6.28. The van der Waals surface area contributed by atoms with Crippen molar-refractivity contribution in [3.8, 4) is 0 Å². The van der Waals surface area contributed by atoms with Crippen LogP contribution >= 0.6 is 0 Å². The Kier molecular flexibility index (Phi) is 16.2. The second kappa shape index (κ2) is 20.9. The lowest BCUT2D eigenvalue weighted by atomic mass is 9.36. The van der Waals surface area contributed by atoms with Crippen molar-refractivity contribution in [2.75, 3.05) is 0 Å². The van der Waals surface area contributed by atoms with Crippen LogP contribution in [0.1, 0.15) is 0 Å². The molecule has 7 aromatic rings. The predicted octanol–water partition coefficient (Wildman–Crippen LogP) is 8.38. The summed E-state index contributed by atoms with van der Waals surface area (Å²) < 4.78 is 417. The quantitative estimate of drug-likeness (QED) is 0.0788. The maximum absolute atomic E-state index is 14.4. The van der Waals surface area contributed by atoms with Gasteiger partial charge in [0, 0.05) is 32.8 Å². The Bertz CT molecular complexity index is 2660. The Morgan fingerprint density at radius 2 is 0.329 bits per heavy atom. The number of aromatic nitrogens is 3. The number of rotatable bonds is 6. The van der Waals surface area contributed by atoms with E-state index in [1.54, 1.807) is 0 Å². The first-order valence-corrected chi connectivity index (χ1v) is 17.7. The van der Waals surface area contributed by atoms with E-state index < -0.39 is 221 Å². The fourth-order valence-electron chi connectivity index (χ4n) is 6.28. The Labute approximate surface area is 380 Å². The number of halogens is 30. The van der Waals surface area contributed by atoms with Crippen molar-refractivity contribution >= 4 is 46.2 Å². The smallest absolute Gasteiger partial charge is 0.265 e. The molecule has 1 N–H and O–H groups in total. The molecule has 386 valence electrons. The van der Waals surface area contributed by atoms with Gasteiger partial charge in [-0.3, -0.25) is 5.10 Å². The minimum atomic E-state index is -3.96. The summed E-state index contributed by atoms with van der Waals surface area (Å²) in [6.45, 7) is -7.92.